The summed E-state index contributed by atoms with van der Waals surface area (Å²) >= 11 is 3.83. The molecule has 0 radical (unpaired) electrons. The first-order valence-corrected chi connectivity index (χ1v) is 8.35. The van der Waals surface area contributed by atoms with E-state index in [9.17, 15) is 13.6 Å². The molecule has 0 atom stereocenters. The molecule has 2 rings (SSSR count). The van der Waals surface area contributed by atoms with Crippen LogP contribution in [0.5, 0.6) is 5.75 Å². The van der Waals surface area contributed by atoms with E-state index in [2.05, 4.69) is 21.2 Å². The van der Waals surface area contributed by atoms with Gasteiger partial charge in [0.05, 0.1) is 4.47 Å². The van der Waals surface area contributed by atoms with E-state index in [0.717, 1.165) is 10.0 Å². The third kappa shape index (κ3) is 5.84. The van der Waals surface area contributed by atoms with Crippen molar-refractivity contribution in [2.75, 3.05) is 11.9 Å². The van der Waals surface area contributed by atoms with E-state index in [1.165, 1.54) is 12.1 Å². The summed E-state index contributed by atoms with van der Waals surface area (Å²) in [5, 5.41) is 2.65. The number of carbonyl (C=O) groups excluding carboxylic acids is 1. The van der Waals surface area contributed by atoms with Crippen molar-refractivity contribution in [1.29, 1.82) is 0 Å². The molecule has 3 nitrogen and oxygen atoms in total. The molecule has 0 aliphatic rings. The second-order valence-electron chi connectivity index (χ2n) is 4.67. The molecule has 0 aliphatic heterocycles. The molecule has 1 N–H and O–H groups in total. The molecular formula is C16H14BrF2NO2S. The average molecular weight is 402 g/mol. The fourth-order valence-electron chi connectivity index (χ4n) is 1.78. The Bertz CT molecular complexity index is 680. The van der Waals surface area contributed by atoms with Crippen molar-refractivity contribution in [2.45, 2.75) is 17.6 Å². The van der Waals surface area contributed by atoms with Gasteiger partial charge in [0.25, 0.3) is 11.7 Å². The molecule has 0 heterocycles. The molecule has 0 aliphatic carbocycles. The Morgan fingerprint density at radius 2 is 1.96 bits per heavy atom. The van der Waals surface area contributed by atoms with Crippen molar-refractivity contribution < 1.29 is 18.3 Å². The Hall–Kier alpha value is -1.60. The van der Waals surface area contributed by atoms with Crippen LogP contribution >= 0.6 is 27.7 Å². The summed E-state index contributed by atoms with van der Waals surface area (Å²) in [6, 6.07) is 11.8. The van der Waals surface area contributed by atoms with Gasteiger partial charge in [0.2, 0.25) is 0 Å². The number of nitrogens with one attached hydrogen (secondary N) is 1. The summed E-state index contributed by atoms with van der Waals surface area (Å²) in [5.74, 6) is -2.21. The van der Waals surface area contributed by atoms with Crippen LogP contribution in [0.1, 0.15) is 5.56 Å². The first-order valence-electron chi connectivity index (χ1n) is 6.68. The van der Waals surface area contributed by atoms with Crippen LogP contribution in [0.2, 0.25) is 0 Å². The summed E-state index contributed by atoms with van der Waals surface area (Å²) in [5.41, 5.74) is 1.61. The molecule has 0 aromatic heterocycles. The molecule has 0 saturated heterocycles. The van der Waals surface area contributed by atoms with Gasteiger partial charge in [-0.2, -0.15) is 8.78 Å². The molecule has 2 aromatic rings. The minimum Gasteiger partial charge on any atom is -0.483 e. The number of hydrogen-bond donors (Lipinski definition) is 1. The lowest BCUT2D eigenvalue weighted by molar-refractivity contribution is -0.118. The number of hydrogen-bond acceptors (Lipinski definition) is 3. The van der Waals surface area contributed by atoms with Gasteiger partial charge in [-0.1, -0.05) is 17.8 Å². The van der Waals surface area contributed by atoms with Crippen LogP contribution in [0.3, 0.4) is 0 Å². The third-order valence-electron chi connectivity index (χ3n) is 2.81. The highest BCUT2D eigenvalue weighted by Crippen LogP contribution is 2.27. The summed E-state index contributed by atoms with van der Waals surface area (Å²) in [7, 11) is 0. The number of ether oxygens (including phenoxy) is 1. The number of anilines is 1. The van der Waals surface area contributed by atoms with Gasteiger partial charge in [0.15, 0.2) is 6.61 Å². The van der Waals surface area contributed by atoms with Gasteiger partial charge in [-0.25, -0.2) is 0 Å². The zero-order valence-electron chi connectivity index (χ0n) is 12.2. The summed E-state index contributed by atoms with van der Waals surface area (Å²) in [6.07, 6.45) is 0. The van der Waals surface area contributed by atoms with Crippen LogP contribution in [0.25, 0.3) is 0 Å². The lowest BCUT2D eigenvalue weighted by atomic mass is 10.2. The number of halogens is 3. The van der Waals surface area contributed by atoms with Gasteiger partial charge in [0.1, 0.15) is 5.75 Å². The molecule has 0 fully saturated rings. The molecule has 0 unspecified atom stereocenters. The third-order valence-corrected chi connectivity index (χ3v) is 4.15. The van der Waals surface area contributed by atoms with Gasteiger partial charge in [-0.3, -0.25) is 4.79 Å². The summed E-state index contributed by atoms with van der Waals surface area (Å²) < 4.78 is 30.7. The van der Waals surface area contributed by atoms with Gasteiger partial charge in [-0.15, -0.1) is 0 Å². The van der Waals surface area contributed by atoms with Crippen molar-refractivity contribution >= 4 is 39.3 Å². The number of aryl methyl sites for hydroxylation is 1. The number of thioether (sulfide) groups is 1. The molecule has 122 valence electrons. The van der Waals surface area contributed by atoms with Crippen LogP contribution in [0.4, 0.5) is 14.5 Å². The lowest BCUT2D eigenvalue weighted by Gasteiger charge is -2.10. The average Bonchev–Trinajstić information content (AvgIpc) is 2.48. The standard InChI is InChI=1S/C16H14BrF2NO2S/c1-10-2-7-14(13(17)8-10)22-9-15(21)20-11-3-5-12(6-4-11)23-16(18)19/h2-8,16H,9H2,1H3,(H,20,21). The number of amides is 1. The highest BCUT2D eigenvalue weighted by molar-refractivity contribution is 9.10. The molecule has 0 spiro atoms. The van der Waals surface area contributed by atoms with Gasteiger partial charge in [-0.05, 0) is 64.8 Å². The highest BCUT2D eigenvalue weighted by Gasteiger charge is 2.08. The predicted octanol–water partition coefficient (Wildman–Crippen LogP) is 5.09. The Morgan fingerprint density at radius 1 is 1.26 bits per heavy atom. The normalized spacial score (nSPS) is 10.7. The Labute approximate surface area is 145 Å². The number of carbonyl (C=O) groups is 1. The van der Waals surface area contributed by atoms with Crippen LogP contribution in [0, 0.1) is 6.92 Å². The summed E-state index contributed by atoms with van der Waals surface area (Å²) in [4.78, 5) is 12.3. The van der Waals surface area contributed by atoms with Crippen LogP contribution in [0.15, 0.2) is 51.8 Å². The monoisotopic (exact) mass is 401 g/mol. The van der Waals surface area contributed by atoms with Crippen molar-refractivity contribution in [3.05, 3.63) is 52.5 Å². The number of rotatable bonds is 6. The van der Waals surface area contributed by atoms with E-state index in [-0.39, 0.29) is 12.5 Å². The lowest BCUT2D eigenvalue weighted by Crippen LogP contribution is -2.20. The van der Waals surface area contributed by atoms with Gasteiger partial charge in [0, 0.05) is 10.6 Å². The van der Waals surface area contributed by atoms with Gasteiger partial charge >= 0.3 is 0 Å². The zero-order chi connectivity index (χ0) is 16.8. The zero-order valence-corrected chi connectivity index (χ0v) is 14.6. The largest absolute Gasteiger partial charge is 0.483 e. The quantitative estimate of drug-likeness (QED) is 0.685. The second-order valence-corrected chi connectivity index (χ2v) is 6.59. The Morgan fingerprint density at radius 3 is 2.57 bits per heavy atom. The minimum absolute atomic E-state index is 0.144. The van der Waals surface area contributed by atoms with E-state index in [0.29, 0.717) is 28.1 Å². The van der Waals surface area contributed by atoms with E-state index in [1.54, 1.807) is 18.2 Å². The summed E-state index contributed by atoms with van der Waals surface area (Å²) in [6.45, 7) is 1.81. The van der Waals surface area contributed by atoms with Crippen molar-refractivity contribution in [2.24, 2.45) is 0 Å². The number of alkyl halides is 2. The topological polar surface area (TPSA) is 38.3 Å². The maximum Gasteiger partial charge on any atom is 0.288 e. The maximum atomic E-state index is 12.2. The Balaban J connectivity index is 1.87. The van der Waals surface area contributed by atoms with E-state index in [4.69, 9.17) is 4.74 Å². The Kier molecular flexibility index (Phi) is 6.41. The molecule has 0 bridgehead atoms. The van der Waals surface area contributed by atoms with Crippen LogP contribution in [-0.2, 0) is 4.79 Å². The molecule has 23 heavy (non-hydrogen) atoms. The SMILES string of the molecule is Cc1ccc(OCC(=O)Nc2ccc(SC(F)F)cc2)c(Br)c1. The van der Waals surface area contributed by atoms with E-state index in [1.807, 2.05) is 19.1 Å². The van der Waals surface area contributed by atoms with Crippen molar-refractivity contribution in [3.63, 3.8) is 0 Å². The van der Waals surface area contributed by atoms with Gasteiger partial charge < -0.3 is 10.1 Å². The maximum absolute atomic E-state index is 12.2. The fourth-order valence-corrected chi connectivity index (χ4v) is 2.89. The molecule has 0 saturated carbocycles. The van der Waals surface area contributed by atoms with Crippen molar-refractivity contribution in [3.8, 4) is 5.75 Å². The van der Waals surface area contributed by atoms with Crippen LogP contribution < -0.4 is 10.1 Å². The smallest absolute Gasteiger partial charge is 0.288 e. The van der Waals surface area contributed by atoms with E-state index < -0.39 is 5.76 Å². The molecule has 1 amide bonds. The highest BCUT2D eigenvalue weighted by atomic mass is 79.9. The molecular weight excluding hydrogens is 388 g/mol. The van der Waals surface area contributed by atoms with E-state index >= 15 is 0 Å². The van der Waals surface area contributed by atoms with Crippen molar-refractivity contribution in [1.82, 2.24) is 0 Å². The fraction of sp³-hybridized carbons (Fsp3) is 0.188. The molecule has 7 heteroatoms. The molecule has 2 aromatic carbocycles. The van der Waals surface area contributed by atoms with Crippen LogP contribution in [-0.4, -0.2) is 18.3 Å². The first-order chi connectivity index (χ1) is 10.9. The number of benzene rings is 2. The second kappa shape index (κ2) is 8.31. The first kappa shape index (κ1) is 17.7. The minimum atomic E-state index is -2.46. The predicted molar refractivity (Wildman–Crippen MR) is 91.3 cm³/mol.